The van der Waals surface area contributed by atoms with E-state index in [1.54, 1.807) is 4.90 Å². The molecule has 0 aromatic heterocycles. The third kappa shape index (κ3) is 4.47. The van der Waals surface area contributed by atoms with Gasteiger partial charge in [0.1, 0.15) is 12.1 Å². The molecule has 5 nitrogen and oxygen atoms in total. The van der Waals surface area contributed by atoms with E-state index in [0.29, 0.717) is 32.6 Å². The van der Waals surface area contributed by atoms with Gasteiger partial charge in [-0.2, -0.15) is 0 Å². The molecule has 0 radical (unpaired) electrons. The standard InChI is InChI=1S/C15H28N2O3/c1-4-7-12-15(19)17(9-11-20-10-6-3)13(8-5-2)14(18)16-12/h12-13H,4-11H2,1-3H3,(H,16,18). The molecule has 1 heterocycles. The quantitative estimate of drug-likeness (QED) is 0.656. The van der Waals surface area contributed by atoms with Crippen molar-refractivity contribution < 1.29 is 14.3 Å². The number of amides is 2. The van der Waals surface area contributed by atoms with Crippen LogP contribution in [0.1, 0.15) is 52.9 Å². The van der Waals surface area contributed by atoms with Crippen LogP contribution < -0.4 is 5.32 Å². The first-order chi connectivity index (χ1) is 9.65. The monoisotopic (exact) mass is 284 g/mol. The zero-order valence-electron chi connectivity index (χ0n) is 13.0. The van der Waals surface area contributed by atoms with Crippen molar-refractivity contribution >= 4 is 11.8 Å². The minimum absolute atomic E-state index is 0.0135. The van der Waals surface area contributed by atoms with Crippen LogP contribution in [-0.2, 0) is 14.3 Å². The predicted octanol–water partition coefficient (Wildman–Crippen LogP) is 1.71. The lowest BCUT2D eigenvalue weighted by Crippen LogP contribution is -2.63. The minimum Gasteiger partial charge on any atom is -0.380 e. The van der Waals surface area contributed by atoms with Gasteiger partial charge in [-0.1, -0.05) is 33.6 Å². The molecule has 1 rings (SSSR count). The van der Waals surface area contributed by atoms with Gasteiger partial charge in [0.05, 0.1) is 6.61 Å². The SMILES string of the molecule is CCCOCCN1C(=O)C(CCC)NC(=O)C1CCC. The molecule has 0 bridgehead atoms. The number of hydrogen-bond acceptors (Lipinski definition) is 3. The summed E-state index contributed by atoms with van der Waals surface area (Å²) in [5.74, 6) is 0.0328. The smallest absolute Gasteiger partial charge is 0.245 e. The molecule has 1 aliphatic heterocycles. The number of rotatable bonds is 9. The molecular weight excluding hydrogens is 256 g/mol. The van der Waals surface area contributed by atoms with Crippen LogP contribution in [0.25, 0.3) is 0 Å². The van der Waals surface area contributed by atoms with Crippen LogP contribution in [0, 0.1) is 0 Å². The molecule has 0 aromatic rings. The van der Waals surface area contributed by atoms with Crippen LogP contribution in [0.3, 0.4) is 0 Å². The van der Waals surface area contributed by atoms with E-state index in [9.17, 15) is 9.59 Å². The Kier molecular flexibility index (Phi) is 7.59. The van der Waals surface area contributed by atoms with Crippen LogP contribution in [0.5, 0.6) is 0 Å². The first-order valence-corrected chi connectivity index (χ1v) is 7.84. The van der Waals surface area contributed by atoms with Crippen molar-refractivity contribution in [2.75, 3.05) is 19.8 Å². The second-order valence-corrected chi connectivity index (χ2v) is 5.30. The Labute approximate surface area is 122 Å². The Hall–Kier alpha value is -1.10. The second kappa shape index (κ2) is 8.95. The number of piperazine rings is 1. The molecule has 0 spiro atoms. The fourth-order valence-corrected chi connectivity index (χ4v) is 2.54. The van der Waals surface area contributed by atoms with Crippen molar-refractivity contribution in [2.24, 2.45) is 0 Å². The molecule has 0 aromatic carbocycles. The molecular formula is C15H28N2O3. The van der Waals surface area contributed by atoms with E-state index in [1.807, 2.05) is 13.8 Å². The zero-order chi connectivity index (χ0) is 15.0. The second-order valence-electron chi connectivity index (χ2n) is 5.30. The van der Waals surface area contributed by atoms with E-state index in [0.717, 1.165) is 19.3 Å². The summed E-state index contributed by atoms with van der Waals surface area (Å²) in [6.07, 6.45) is 4.15. The van der Waals surface area contributed by atoms with Gasteiger partial charge in [0, 0.05) is 13.2 Å². The maximum atomic E-state index is 12.5. The highest BCUT2D eigenvalue weighted by atomic mass is 16.5. The van der Waals surface area contributed by atoms with Crippen LogP contribution in [0.4, 0.5) is 0 Å². The summed E-state index contributed by atoms with van der Waals surface area (Å²) in [6.45, 7) is 7.82. The van der Waals surface area contributed by atoms with Crippen LogP contribution in [0.15, 0.2) is 0 Å². The average Bonchev–Trinajstić information content (AvgIpc) is 2.43. The lowest BCUT2D eigenvalue weighted by Gasteiger charge is -2.39. The van der Waals surface area contributed by atoms with Crippen molar-refractivity contribution in [3.63, 3.8) is 0 Å². The molecule has 1 aliphatic rings. The van der Waals surface area contributed by atoms with E-state index in [4.69, 9.17) is 4.74 Å². The number of nitrogens with zero attached hydrogens (tertiary/aromatic N) is 1. The van der Waals surface area contributed by atoms with Gasteiger partial charge in [0.15, 0.2) is 0 Å². The summed E-state index contributed by atoms with van der Waals surface area (Å²) in [7, 11) is 0. The predicted molar refractivity (Wildman–Crippen MR) is 78.4 cm³/mol. The van der Waals surface area contributed by atoms with Crippen LogP contribution in [0.2, 0.25) is 0 Å². The first kappa shape index (κ1) is 17.0. The number of carbonyl (C=O) groups is 2. The number of ether oxygens (including phenoxy) is 1. The lowest BCUT2D eigenvalue weighted by atomic mass is 10.0. The maximum Gasteiger partial charge on any atom is 0.245 e. The molecule has 2 amide bonds. The van der Waals surface area contributed by atoms with Gasteiger partial charge < -0.3 is 15.0 Å². The van der Waals surface area contributed by atoms with E-state index in [2.05, 4.69) is 12.2 Å². The lowest BCUT2D eigenvalue weighted by molar-refractivity contribution is -0.150. The summed E-state index contributed by atoms with van der Waals surface area (Å²) in [6, 6.07) is -0.683. The molecule has 0 aliphatic carbocycles. The Balaban J connectivity index is 2.68. The summed E-state index contributed by atoms with van der Waals surface area (Å²) >= 11 is 0. The Morgan fingerprint density at radius 1 is 1.05 bits per heavy atom. The Morgan fingerprint density at radius 3 is 2.35 bits per heavy atom. The third-order valence-electron chi connectivity index (χ3n) is 3.54. The normalized spacial score (nSPS) is 23.1. The van der Waals surface area contributed by atoms with E-state index in [1.165, 1.54) is 0 Å². The fourth-order valence-electron chi connectivity index (χ4n) is 2.54. The maximum absolute atomic E-state index is 12.5. The average molecular weight is 284 g/mol. The molecule has 0 saturated carbocycles. The van der Waals surface area contributed by atoms with E-state index in [-0.39, 0.29) is 23.9 Å². The van der Waals surface area contributed by atoms with Gasteiger partial charge in [-0.15, -0.1) is 0 Å². The third-order valence-corrected chi connectivity index (χ3v) is 3.54. The van der Waals surface area contributed by atoms with Crippen molar-refractivity contribution in [1.29, 1.82) is 0 Å². The van der Waals surface area contributed by atoms with Gasteiger partial charge in [0.2, 0.25) is 11.8 Å². The molecule has 116 valence electrons. The van der Waals surface area contributed by atoms with Gasteiger partial charge in [-0.05, 0) is 19.3 Å². The van der Waals surface area contributed by atoms with Gasteiger partial charge >= 0.3 is 0 Å². The summed E-state index contributed by atoms with van der Waals surface area (Å²) in [4.78, 5) is 26.4. The number of carbonyl (C=O) groups excluding carboxylic acids is 2. The van der Waals surface area contributed by atoms with Gasteiger partial charge in [0.25, 0.3) is 0 Å². The fraction of sp³-hybridized carbons (Fsp3) is 0.867. The highest BCUT2D eigenvalue weighted by Crippen LogP contribution is 2.17. The molecule has 5 heteroatoms. The Bertz CT molecular complexity index is 320. The van der Waals surface area contributed by atoms with Gasteiger partial charge in [-0.3, -0.25) is 9.59 Å². The summed E-state index contributed by atoms with van der Waals surface area (Å²) in [5.41, 5.74) is 0. The number of nitrogens with one attached hydrogen (secondary N) is 1. The number of hydrogen-bond donors (Lipinski definition) is 1. The first-order valence-electron chi connectivity index (χ1n) is 7.84. The molecule has 1 fully saturated rings. The summed E-state index contributed by atoms with van der Waals surface area (Å²) in [5, 5.41) is 2.86. The molecule has 1 saturated heterocycles. The highest BCUT2D eigenvalue weighted by molar-refractivity contribution is 5.96. The van der Waals surface area contributed by atoms with Crippen molar-refractivity contribution in [2.45, 2.75) is 65.0 Å². The molecule has 1 N–H and O–H groups in total. The molecule has 2 atom stereocenters. The summed E-state index contributed by atoms with van der Waals surface area (Å²) < 4.78 is 5.47. The van der Waals surface area contributed by atoms with E-state index >= 15 is 0 Å². The minimum atomic E-state index is -0.355. The van der Waals surface area contributed by atoms with Crippen LogP contribution >= 0.6 is 0 Å². The zero-order valence-corrected chi connectivity index (χ0v) is 13.0. The van der Waals surface area contributed by atoms with Crippen molar-refractivity contribution in [3.8, 4) is 0 Å². The topological polar surface area (TPSA) is 58.6 Å². The largest absolute Gasteiger partial charge is 0.380 e. The van der Waals surface area contributed by atoms with Crippen molar-refractivity contribution in [1.82, 2.24) is 10.2 Å². The highest BCUT2D eigenvalue weighted by Gasteiger charge is 2.39. The van der Waals surface area contributed by atoms with Crippen LogP contribution in [-0.4, -0.2) is 48.6 Å². The Morgan fingerprint density at radius 2 is 1.75 bits per heavy atom. The van der Waals surface area contributed by atoms with Gasteiger partial charge in [-0.25, -0.2) is 0 Å². The van der Waals surface area contributed by atoms with E-state index < -0.39 is 0 Å². The molecule has 2 unspecified atom stereocenters. The molecule has 20 heavy (non-hydrogen) atoms. The van der Waals surface area contributed by atoms with Crippen molar-refractivity contribution in [3.05, 3.63) is 0 Å².